The molecule has 2 N–H and O–H groups in total. The van der Waals surface area contributed by atoms with E-state index in [9.17, 15) is 4.79 Å². The molecule has 0 radical (unpaired) electrons. The van der Waals surface area contributed by atoms with Gasteiger partial charge in [-0.25, -0.2) is 0 Å². The number of hydrogen-bond acceptors (Lipinski definition) is 3. The Balaban J connectivity index is 1.76. The number of hydrogen-bond donors (Lipinski definition) is 2. The van der Waals surface area contributed by atoms with Crippen molar-refractivity contribution in [3.05, 3.63) is 34.3 Å². The molecule has 1 heterocycles. The van der Waals surface area contributed by atoms with Crippen molar-refractivity contribution in [3.63, 3.8) is 0 Å². The van der Waals surface area contributed by atoms with E-state index < -0.39 is 0 Å². The molecule has 0 aliphatic carbocycles. The Morgan fingerprint density at radius 2 is 2.33 bits per heavy atom. The highest BCUT2D eigenvalue weighted by Crippen LogP contribution is 2.15. The molecule has 1 unspecified atom stereocenters. The third-order valence-corrected chi connectivity index (χ3v) is 3.59. The van der Waals surface area contributed by atoms with Gasteiger partial charge in [-0.15, -0.1) is 0 Å². The molecule has 1 saturated heterocycles. The van der Waals surface area contributed by atoms with E-state index >= 15 is 0 Å². The fourth-order valence-corrected chi connectivity index (χ4v) is 2.37. The van der Waals surface area contributed by atoms with Crippen LogP contribution in [-0.2, 0) is 4.74 Å². The minimum absolute atomic E-state index is 0.0424. The van der Waals surface area contributed by atoms with E-state index in [4.69, 9.17) is 4.74 Å². The molecule has 4 nitrogen and oxygen atoms in total. The van der Waals surface area contributed by atoms with Crippen molar-refractivity contribution in [2.45, 2.75) is 12.5 Å². The minimum atomic E-state index is -0.0424. The molecule has 1 aliphatic heterocycles. The maximum absolute atomic E-state index is 11.9. The van der Waals surface area contributed by atoms with E-state index in [1.807, 2.05) is 18.2 Å². The van der Waals surface area contributed by atoms with Gasteiger partial charge in [0.15, 0.2) is 0 Å². The number of benzene rings is 1. The van der Waals surface area contributed by atoms with Gasteiger partial charge in [0.1, 0.15) is 0 Å². The van der Waals surface area contributed by atoms with Crippen LogP contribution in [0.25, 0.3) is 0 Å². The summed E-state index contributed by atoms with van der Waals surface area (Å²) in [6.45, 7) is 3.05. The fraction of sp³-hybridized carbons (Fsp3) is 0.462. The minimum Gasteiger partial charge on any atom is -0.379 e. The molecular weight excluding hydrogens is 296 g/mol. The van der Waals surface area contributed by atoms with Crippen molar-refractivity contribution in [3.8, 4) is 0 Å². The van der Waals surface area contributed by atoms with Crippen LogP contribution in [0.4, 0.5) is 0 Å². The molecule has 18 heavy (non-hydrogen) atoms. The van der Waals surface area contributed by atoms with Crippen LogP contribution < -0.4 is 10.6 Å². The number of morpholine rings is 1. The van der Waals surface area contributed by atoms with Gasteiger partial charge in [0, 0.05) is 23.6 Å². The number of halogens is 1. The zero-order valence-electron chi connectivity index (χ0n) is 10.1. The second-order valence-corrected chi connectivity index (χ2v) is 5.10. The highest BCUT2D eigenvalue weighted by Gasteiger charge is 2.13. The van der Waals surface area contributed by atoms with Gasteiger partial charge >= 0.3 is 0 Å². The summed E-state index contributed by atoms with van der Waals surface area (Å²) in [7, 11) is 0. The highest BCUT2D eigenvalue weighted by molar-refractivity contribution is 9.10. The predicted molar refractivity (Wildman–Crippen MR) is 73.7 cm³/mol. The smallest absolute Gasteiger partial charge is 0.252 e. The molecule has 1 fully saturated rings. The number of nitrogens with one attached hydrogen (secondary N) is 2. The molecule has 1 aromatic carbocycles. The molecule has 0 saturated carbocycles. The number of carbonyl (C=O) groups is 1. The summed E-state index contributed by atoms with van der Waals surface area (Å²) >= 11 is 3.37. The summed E-state index contributed by atoms with van der Waals surface area (Å²) in [6.07, 6.45) is 0.885. The van der Waals surface area contributed by atoms with Crippen LogP contribution in [0, 0.1) is 0 Å². The Hall–Kier alpha value is -0.910. The van der Waals surface area contributed by atoms with Gasteiger partial charge in [0.25, 0.3) is 5.91 Å². The van der Waals surface area contributed by atoms with Crippen molar-refractivity contribution < 1.29 is 9.53 Å². The maximum Gasteiger partial charge on any atom is 0.252 e. The highest BCUT2D eigenvalue weighted by atomic mass is 79.9. The lowest BCUT2D eigenvalue weighted by Crippen LogP contribution is -2.43. The van der Waals surface area contributed by atoms with Crippen LogP contribution in [0.1, 0.15) is 16.8 Å². The van der Waals surface area contributed by atoms with E-state index in [1.165, 1.54) is 0 Å². The van der Waals surface area contributed by atoms with E-state index in [2.05, 4.69) is 26.6 Å². The fourth-order valence-electron chi connectivity index (χ4n) is 1.91. The lowest BCUT2D eigenvalue weighted by atomic mass is 10.2. The Morgan fingerprint density at radius 3 is 3.06 bits per heavy atom. The van der Waals surface area contributed by atoms with Gasteiger partial charge in [0.05, 0.1) is 18.8 Å². The van der Waals surface area contributed by atoms with Crippen LogP contribution in [0.15, 0.2) is 28.7 Å². The van der Waals surface area contributed by atoms with Gasteiger partial charge in [0.2, 0.25) is 0 Å². The Morgan fingerprint density at radius 1 is 1.50 bits per heavy atom. The first-order valence-corrected chi connectivity index (χ1v) is 6.90. The Bertz CT molecular complexity index is 406. The molecule has 1 aliphatic rings. The topological polar surface area (TPSA) is 50.4 Å². The zero-order valence-corrected chi connectivity index (χ0v) is 11.7. The second-order valence-electron chi connectivity index (χ2n) is 4.25. The molecule has 1 aromatic rings. The van der Waals surface area contributed by atoms with Crippen LogP contribution in [0.3, 0.4) is 0 Å². The van der Waals surface area contributed by atoms with E-state index in [0.29, 0.717) is 18.2 Å². The first-order valence-electron chi connectivity index (χ1n) is 6.11. The molecule has 0 bridgehead atoms. The summed E-state index contributed by atoms with van der Waals surface area (Å²) in [4.78, 5) is 11.9. The lowest BCUT2D eigenvalue weighted by molar-refractivity contribution is 0.0733. The van der Waals surface area contributed by atoms with Crippen LogP contribution in [-0.4, -0.2) is 38.3 Å². The van der Waals surface area contributed by atoms with Crippen molar-refractivity contribution in [2.75, 3.05) is 26.3 Å². The average molecular weight is 313 g/mol. The van der Waals surface area contributed by atoms with Gasteiger partial charge in [-0.05, 0) is 34.5 Å². The van der Waals surface area contributed by atoms with E-state index in [0.717, 1.165) is 30.7 Å². The van der Waals surface area contributed by atoms with E-state index in [1.54, 1.807) is 6.07 Å². The summed E-state index contributed by atoms with van der Waals surface area (Å²) in [5.41, 5.74) is 0.672. The third-order valence-electron chi connectivity index (χ3n) is 2.90. The molecular formula is C13H17BrN2O2. The molecule has 98 valence electrons. The number of amides is 1. The van der Waals surface area contributed by atoms with Gasteiger partial charge in [-0.3, -0.25) is 4.79 Å². The predicted octanol–water partition coefficient (Wildman–Crippen LogP) is 1.56. The average Bonchev–Trinajstić information content (AvgIpc) is 2.40. The van der Waals surface area contributed by atoms with E-state index in [-0.39, 0.29) is 5.91 Å². The quantitative estimate of drug-likeness (QED) is 0.887. The normalized spacial score (nSPS) is 19.5. The Labute approximate surface area is 115 Å². The number of ether oxygens (including phenoxy) is 1. The van der Waals surface area contributed by atoms with Crippen LogP contribution >= 0.6 is 15.9 Å². The monoisotopic (exact) mass is 312 g/mol. The largest absolute Gasteiger partial charge is 0.379 e. The molecule has 1 amide bonds. The molecule has 0 aromatic heterocycles. The zero-order chi connectivity index (χ0) is 12.8. The van der Waals surface area contributed by atoms with Crippen molar-refractivity contribution in [2.24, 2.45) is 0 Å². The van der Waals surface area contributed by atoms with Gasteiger partial charge in [-0.2, -0.15) is 0 Å². The first-order chi connectivity index (χ1) is 8.77. The van der Waals surface area contributed by atoms with Crippen molar-refractivity contribution in [1.29, 1.82) is 0 Å². The standard InChI is InChI=1S/C13H17BrN2O2/c14-12-4-2-1-3-11(12)13(17)16-6-5-10-9-18-8-7-15-10/h1-4,10,15H,5-9H2,(H,16,17). The number of carbonyl (C=O) groups excluding carboxylic acids is 1. The maximum atomic E-state index is 11.9. The summed E-state index contributed by atoms with van der Waals surface area (Å²) < 4.78 is 6.18. The first kappa shape index (κ1) is 13.5. The molecule has 5 heteroatoms. The third kappa shape index (κ3) is 3.80. The van der Waals surface area contributed by atoms with Crippen molar-refractivity contribution >= 4 is 21.8 Å². The summed E-state index contributed by atoms with van der Waals surface area (Å²) in [5.74, 6) is -0.0424. The summed E-state index contributed by atoms with van der Waals surface area (Å²) in [5, 5.41) is 6.28. The second kappa shape index (κ2) is 6.87. The summed E-state index contributed by atoms with van der Waals surface area (Å²) in [6, 6.07) is 7.77. The van der Waals surface area contributed by atoms with Crippen LogP contribution in [0.5, 0.6) is 0 Å². The lowest BCUT2D eigenvalue weighted by Gasteiger charge is -2.23. The Kier molecular flexibility index (Phi) is 5.16. The van der Waals surface area contributed by atoms with Crippen molar-refractivity contribution in [1.82, 2.24) is 10.6 Å². The molecule has 0 spiro atoms. The number of rotatable bonds is 4. The SMILES string of the molecule is O=C(NCCC1COCCN1)c1ccccc1Br. The molecule has 2 rings (SSSR count). The van der Waals surface area contributed by atoms with Crippen LogP contribution in [0.2, 0.25) is 0 Å². The van der Waals surface area contributed by atoms with Gasteiger partial charge in [-0.1, -0.05) is 12.1 Å². The van der Waals surface area contributed by atoms with Gasteiger partial charge < -0.3 is 15.4 Å². The molecule has 1 atom stereocenters.